The summed E-state index contributed by atoms with van der Waals surface area (Å²) in [7, 11) is 0. The molecule has 0 amide bonds. The van der Waals surface area contributed by atoms with Crippen LogP contribution in [0.1, 0.15) is 37.5 Å². The summed E-state index contributed by atoms with van der Waals surface area (Å²) in [6.45, 7) is 2.95. The molecule has 2 heterocycles. The van der Waals surface area contributed by atoms with E-state index in [2.05, 4.69) is 4.90 Å². The van der Waals surface area contributed by atoms with E-state index < -0.39 is 23.1 Å². The molecule has 1 aliphatic rings. The monoisotopic (exact) mass is 509 g/mol. The summed E-state index contributed by atoms with van der Waals surface area (Å²) in [5.74, 6) is -2.61. The van der Waals surface area contributed by atoms with Crippen molar-refractivity contribution < 1.29 is 27.4 Å². The van der Waals surface area contributed by atoms with E-state index in [1.54, 1.807) is 12.1 Å². The van der Waals surface area contributed by atoms with Crippen LogP contribution in [0.3, 0.4) is 0 Å². The number of nitrogens with zero attached hydrogens (tertiary/aromatic N) is 1. The number of fused-ring (bicyclic) bond motifs is 1. The highest BCUT2D eigenvalue weighted by Crippen LogP contribution is 2.40. The molecule has 192 valence electrons. The quantitative estimate of drug-likeness (QED) is 0.305. The van der Waals surface area contributed by atoms with Crippen molar-refractivity contribution in [3.63, 3.8) is 0 Å². The van der Waals surface area contributed by atoms with Crippen molar-refractivity contribution in [1.82, 2.24) is 4.90 Å². The number of alkyl halides is 3. The van der Waals surface area contributed by atoms with Crippen LogP contribution in [0.5, 0.6) is 17.2 Å². The number of benzene rings is 3. The summed E-state index contributed by atoms with van der Waals surface area (Å²) in [5, 5.41) is 10.5. The summed E-state index contributed by atoms with van der Waals surface area (Å²) in [5.41, 5.74) is 0.718. The topological polar surface area (TPSA) is 62.9 Å². The van der Waals surface area contributed by atoms with E-state index in [9.17, 15) is 23.1 Å². The zero-order valence-corrected chi connectivity index (χ0v) is 20.2. The molecule has 1 aromatic heterocycles. The van der Waals surface area contributed by atoms with Crippen LogP contribution in [0.2, 0.25) is 0 Å². The van der Waals surface area contributed by atoms with Gasteiger partial charge in [0.05, 0.1) is 10.9 Å². The van der Waals surface area contributed by atoms with Gasteiger partial charge < -0.3 is 14.3 Å². The molecular weight excluding hydrogens is 483 g/mol. The number of phenols is 1. The lowest BCUT2D eigenvalue weighted by Crippen LogP contribution is -2.36. The number of likely N-dealkylation sites (tertiary alicyclic amines) is 1. The highest BCUT2D eigenvalue weighted by atomic mass is 19.4. The van der Waals surface area contributed by atoms with Crippen LogP contribution in [0.15, 0.2) is 75.9 Å². The van der Waals surface area contributed by atoms with Gasteiger partial charge in [-0.2, -0.15) is 13.2 Å². The summed E-state index contributed by atoms with van der Waals surface area (Å²) >= 11 is 0. The highest BCUT2D eigenvalue weighted by Gasteiger charge is 2.41. The number of ether oxygens (including phenoxy) is 1. The molecule has 1 aliphatic heterocycles. The van der Waals surface area contributed by atoms with Gasteiger partial charge in [-0.05, 0) is 61.7 Å². The molecule has 3 aromatic carbocycles. The number of hydrogen-bond donors (Lipinski definition) is 1. The standard InChI is InChI=1S/C29H26F3NO4/c1-18-7-5-6-16-33(18)17-23-24(34)15-14-22-25(35)27(28(29(30,31)32)37-26(22)23)36-21-12-10-20(11-13-21)19-8-3-2-4-9-19/h2-4,8-15,18,34H,5-7,16-17H2,1H3/t18-/m1/s1. The van der Waals surface area contributed by atoms with Crippen LogP contribution in [-0.4, -0.2) is 22.6 Å². The third-order valence-corrected chi connectivity index (χ3v) is 6.84. The molecule has 0 unspecified atom stereocenters. The molecule has 5 rings (SSSR count). The van der Waals surface area contributed by atoms with Gasteiger partial charge in [-0.15, -0.1) is 0 Å². The predicted octanol–water partition coefficient (Wildman–Crippen LogP) is 7.35. The van der Waals surface area contributed by atoms with Gasteiger partial charge in [0.15, 0.2) is 0 Å². The van der Waals surface area contributed by atoms with Crippen LogP contribution in [-0.2, 0) is 12.7 Å². The maximum absolute atomic E-state index is 14.1. The fourth-order valence-electron chi connectivity index (χ4n) is 4.78. The number of halogens is 3. The highest BCUT2D eigenvalue weighted by molar-refractivity contribution is 5.83. The first-order valence-corrected chi connectivity index (χ1v) is 12.2. The second kappa shape index (κ2) is 9.94. The normalized spacial score (nSPS) is 16.7. The molecule has 5 nitrogen and oxygen atoms in total. The summed E-state index contributed by atoms with van der Waals surface area (Å²) in [6, 6.07) is 18.7. The molecule has 0 saturated carbocycles. The largest absolute Gasteiger partial charge is 0.507 e. The van der Waals surface area contributed by atoms with Crippen LogP contribution >= 0.6 is 0 Å². The molecule has 4 aromatic rings. The van der Waals surface area contributed by atoms with E-state index in [0.29, 0.717) is 0 Å². The molecule has 1 N–H and O–H groups in total. The summed E-state index contributed by atoms with van der Waals surface area (Å²) in [6.07, 6.45) is -2.02. The lowest BCUT2D eigenvalue weighted by molar-refractivity contribution is -0.154. The molecule has 1 atom stereocenters. The molecule has 0 radical (unpaired) electrons. The smallest absolute Gasteiger partial charge is 0.453 e. The summed E-state index contributed by atoms with van der Waals surface area (Å²) in [4.78, 5) is 15.4. The van der Waals surface area contributed by atoms with Crippen LogP contribution in [0, 0.1) is 0 Å². The fraction of sp³-hybridized carbons (Fsp3) is 0.276. The fourth-order valence-corrected chi connectivity index (χ4v) is 4.78. The number of rotatable bonds is 5. The minimum absolute atomic E-state index is 0.0676. The lowest BCUT2D eigenvalue weighted by Gasteiger charge is -2.33. The van der Waals surface area contributed by atoms with Gasteiger partial charge in [0, 0.05) is 12.6 Å². The average molecular weight is 510 g/mol. The van der Waals surface area contributed by atoms with Gasteiger partial charge >= 0.3 is 6.18 Å². The molecule has 1 fully saturated rings. The van der Waals surface area contributed by atoms with Gasteiger partial charge in [0.25, 0.3) is 5.76 Å². The Morgan fingerprint density at radius 3 is 2.38 bits per heavy atom. The van der Waals surface area contributed by atoms with Gasteiger partial charge in [-0.1, -0.05) is 48.9 Å². The van der Waals surface area contributed by atoms with Crippen LogP contribution in [0.25, 0.3) is 22.1 Å². The summed E-state index contributed by atoms with van der Waals surface area (Å²) < 4.78 is 53.2. The minimum atomic E-state index is -4.99. The minimum Gasteiger partial charge on any atom is -0.507 e. The first-order valence-electron chi connectivity index (χ1n) is 12.2. The van der Waals surface area contributed by atoms with E-state index in [1.807, 2.05) is 37.3 Å². The zero-order valence-electron chi connectivity index (χ0n) is 20.2. The molecule has 0 spiro atoms. The van der Waals surface area contributed by atoms with Crippen molar-refractivity contribution in [2.75, 3.05) is 6.54 Å². The molecule has 1 saturated heterocycles. The SMILES string of the molecule is C[C@@H]1CCCCN1Cc1c(O)ccc2c(=O)c(Oc3ccc(-c4ccccc4)cc3)c(C(F)(F)F)oc12. The lowest BCUT2D eigenvalue weighted by atomic mass is 10.0. The Morgan fingerprint density at radius 2 is 1.70 bits per heavy atom. The molecular formula is C29H26F3NO4. The van der Waals surface area contributed by atoms with E-state index in [1.165, 1.54) is 24.3 Å². The number of piperidine rings is 1. The van der Waals surface area contributed by atoms with Crippen LogP contribution < -0.4 is 10.2 Å². The van der Waals surface area contributed by atoms with Gasteiger partial charge in [0.1, 0.15) is 17.1 Å². The Kier molecular flexibility index (Phi) is 6.69. The van der Waals surface area contributed by atoms with E-state index in [0.717, 1.165) is 36.9 Å². The second-order valence-corrected chi connectivity index (χ2v) is 9.33. The van der Waals surface area contributed by atoms with Crippen molar-refractivity contribution in [3.05, 3.63) is 88.3 Å². The van der Waals surface area contributed by atoms with E-state index in [4.69, 9.17) is 9.15 Å². The van der Waals surface area contributed by atoms with Crippen molar-refractivity contribution in [2.45, 2.75) is 44.9 Å². The van der Waals surface area contributed by atoms with Crippen molar-refractivity contribution in [1.29, 1.82) is 0 Å². The van der Waals surface area contributed by atoms with Crippen LogP contribution in [0.4, 0.5) is 13.2 Å². The maximum Gasteiger partial charge on any atom is 0.453 e. The van der Waals surface area contributed by atoms with Gasteiger partial charge in [0.2, 0.25) is 11.2 Å². The van der Waals surface area contributed by atoms with Crippen molar-refractivity contribution in [2.24, 2.45) is 0 Å². The molecule has 0 aliphatic carbocycles. The Bertz CT molecular complexity index is 1460. The second-order valence-electron chi connectivity index (χ2n) is 9.33. The first kappa shape index (κ1) is 24.9. The van der Waals surface area contributed by atoms with E-state index in [-0.39, 0.29) is 40.6 Å². The Balaban J connectivity index is 1.57. The predicted molar refractivity (Wildman–Crippen MR) is 135 cm³/mol. The Labute approximate surface area is 211 Å². The van der Waals surface area contributed by atoms with Gasteiger partial charge in [-0.25, -0.2) is 0 Å². The Morgan fingerprint density at radius 1 is 1.00 bits per heavy atom. The maximum atomic E-state index is 14.1. The van der Waals surface area contributed by atoms with Crippen molar-refractivity contribution >= 4 is 11.0 Å². The Hall–Kier alpha value is -3.78. The third-order valence-electron chi connectivity index (χ3n) is 6.84. The number of hydrogen-bond acceptors (Lipinski definition) is 5. The number of aromatic hydroxyl groups is 1. The molecule has 8 heteroatoms. The molecule has 37 heavy (non-hydrogen) atoms. The number of phenolic OH excluding ortho intramolecular Hbond substituents is 1. The molecule has 0 bridgehead atoms. The average Bonchev–Trinajstić information content (AvgIpc) is 2.88. The van der Waals surface area contributed by atoms with Gasteiger partial charge in [-0.3, -0.25) is 9.69 Å². The van der Waals surface area contributed by atoms with Crippen molar-refractivity contribution in [3.8, 4) is 28.4 Å². The first-order chi connectivity index (χ1) is 17.7. The zero-order chi connectivity index (χ0) is 26.2. The third kappa shape index (κ3) is 5.06. The van der Waals surface area contributed by atoms with E-state index >= 15 is 0 Å².